The average molecular weight is 303 g/mol. The lowest BCUT2D eigenvalue weighted by Gasteiger charge is -2.29. The molecule has 7 heteroatoms. The van der Waals surface area contributed by atoms with E-state index < -0.39 is 36.2 Å². The Morgan fingerprint density at radius 2 is 1.77 bits per heavy atom. The molecule has 1 unspecified atom stereocenters. The molecule has 2 N–H and O–H groups in total. The number of hydrogen-bond donors (Lipinski definition) is 2. The van der Waals surface area contributed by atoms with E-state index in [1.54, 1.807) is 30.3 Å². The van der Waals surface area contributed by atoms with Gasteiger partial charge in [0.2, 0.25) is 5.91 Å². The summed E-state index contributed by atoms with van der Waals surface area (Å²) in [4.78, 5) is 46.8. The van der Waals surface area contributed by atoms with Crippen LogP contribution in [0.3, 0.4) is 0 Å². The fourth-order valence-electron chi connectivity index (χ4n) is 2.23. The second kappa shape index (κ2) is 6.21. The standard InChI is InChI=1S/C15H13NO6/c17-12-7-10(14(19)20)8-13(18)16(12)11(15(21)22)6-9-4-2-1-3-5-9/h1-5,7,11H,6,8H2,(H,19,20)(H,21,22). The van der Waals surface area contributed by atoms with Crippen LogP contribution in [0.15, 0.2) is 42.0 Å². The zero-order valence-electron chi connectivity index (χ0n) is 11.4. The number of benzene rings is 1. The molecular weight excluding hydrogens is 290 g/mol. The molecular formula is C15H13NO6. The van der Waals surface area contributed by atoms with Crippen LogP contribution in [0.1, 0.15) is 12.0 Å². The second-order valence-electron chi connectivity index (χ2n) is 4.80. The maximum absolute atomic E-state index is 12.0. The van der Waals surface area contributed by atoms with E-state index in [0.29, 0.717) is 10.5 Å². The third-order valence-electron chi connectivity index (χ3n) is 3.29. The summed E-state index contributed by atoms with van der Waals surface area (Å²) in [6.07, 6.45) is 0.258. The Morgan fingerprint density at radius 3 is 2.27 bits per heavy atom. The number of aliphatic carboxylic acids is 2. The predicted octanol–water partition coefficient (Wildman–Crippen LogP) is 0.452. The van der Waals surface area contributed by atoms with E-state index in [2.05, 4.69) is 0 Å². The van der Waals surface area contributed by atoms with Crippen LogP contribution in [0, 0.1) is 0 Å². The van der Waals surface area contributed by atoms with Gasteiger partial charge in [-0.2, -0.15) is 0 Å². The van der Waals surface area contributed by atoms with E-state index in [1.807, 2.05) is 0 Å². The lowest BCUT2D eigenvalue weighted by atomic mass is 10.0. The molecule has 0 saturated heterocycles. The van der Waals surface area contributed by atoms with Gasteiger partial charge in [-0.25, -0.2) is 9.59 Å². The highest BCUT2D eigenvalue weighted by molar-refractivity contribution is 6.12. The molecule has 7 nitrogen and oxygen atoms in total. The molecule has 0 aromatic heterocycles. The van der Waals surface area contributed by atoms with Crippen LogP contribution in [0.5, 0.6) is 0 Å². The number of carboxylic acid groups (broad SMARTS) is 2. The summed E-state index contributed by atoms with van der Waals surface area (Å²) in [5, 5.41) is 18.1. The van der Waals surface area contributed by atoms with E-state index in [-0.39, 0.29) is 12.0 Å². The minimum absolute atomic E-state index is 0.0378. The van der Waals surface area contributed by atoms with Crippen LogP contribution in [0.2, 0.25) is 0 Å². The van der Waals surface area contributed by atoms with Gasteiger partial charge in [0.15, 0.2) is 0 Å². The molecule has 1 aromatic carbocycles. The lowest BCUT2D eigenvalue weighted by Crippen LogP contribution is -2.51. The van der Waals surface area contributed by atoms with Gasteiger partial charge in [-0.15, -0.1) is 0 Å². The zero-order chi connectivity index (χ0) is 16.3. The minimum Gasteiger partial charge on any atom is -0.480 e. The topological polar surface area (TPSA) is 112 Å². The van der Waals surface area contributed by atoms with Crippen LogP contribution in [-0.4, -0.2) is 44.9 Å². The number of amides is 2. The quantitative estimate of drug-likeness (QED) is 0.764. The van der Waals surface area contributed by atoms with Crippen molar-refractivity contribution in [2.24, 2.45) is 0 Å². The summed E-state index contributed by atoms with van der Waals surface area (Å²) < 4.78 is 0. The summed E-state index contributed by atoms with van der Waals surface area (Å²) in [5.74, 6) is -4.43. The van der Waals surface area contributed by atoms with Crippen LogP contribution in [0.4, 0.5) is 0 Å². The van der Waals surface area contributed by atoms with Gasteiger partial charge < -0.3 is 10.2 Å². The number of nitrogens with zero attached hydrogens (tertiary/aromatic N) is 1. The first-order valence-electron chi connectivity index (χ1n) is 6.46. The second-order valence-corrected chi connectivity index (χ2v) is 4.80. The van der Waals surface area contributed by atoms with Gasteiger partial charge in [-0.3, -0.25) is 14.5 Å². The van der Waals surface area contributed by atoms with Gasteiger partial charge in [-0.1, -0.05) is 30.3 Å². The third kappa shape index (κ3) is 3.20. The van der Waals surface area contributed by atoms with E-state index in [1.165, 1.54) is 0 Å². The number of carbonyl (C=O) groups excluding carboxylic acids is 2. The molecule has 0 radical (unpaired) electrons. The molecule has 1 aromatic rings. The van der Waals surface area contributed by atoms with Crippen molar-refractivity contribution in [2.75, 3.05) is 0 Å². The number of rotatable bonds is 5. The number of carboxylic acids is 2. The molecule has 2 amide bonds. The van der Waals surface area contributed by atoms with Crippen molar-refractivity contribution < 1.29 is 29.4 Å². The molecule has 1 aliphatic rings. The van der Waals surface area contributed by atoms with Crippen molar-refractivity contribution in [1.82, 2.24) is 4.90 Å². The minimum atomic E-state index is -1.37. The van der Waals surface area contributed by atoms with Gasteiger partial charge in [0, 0.05) is 12.5 Å². The molecule has 0 spiro atoms. The maximum atomic E-state index is 12.0. The molecule has 2 rings (SSSR count). The summed E-state index contributed by atoms with van der Waals surface area (Å²) in [7, 11) is 0. The van der Waals surface area contributed by atoms with Gasteiger partial charge >= 0.3 is 11.9 Å². The largest absolute Gasteiger partial charge is 0.480 e. The van der Waals surface area contributed by atoms with E-state index in [9.17, 15) is 24.3 Å². The van der Waals surface area contributed by atoms with Crippen molar-refractivity contribution in [2.45, 2.75) is 18.9 Å². The summed E-state index contributed by atoms with van der Waals surface area (Å²) in [6, 6.07) is 7.21. The van der Waals surface area contributed by atoms with E-state index in [4.69, 9.17) is 5.11 Å². The Hall–Kier alpha value is -2.96. The highest BCUT2D eigenvalue weighted by Crippen LogP contribution is 2.19. The Kier molecular flexibility index (Phi) is 4.36. The monoisotopic (exact) mass is 303 g/mol. The highest BCUT2D eigenvalue weighted by Gasteiger charge is 2.38. The summed E-state index contributed by atoms with van der Waals surface area (Å²) >= 11 is 0. The number of imide groups is 1. The van der Waals surface area contributed by atoms with E-state index in [0.717, 1.165) is 6.08 Å². The van der Waals surface area contributed by atoms with Crippen LogP contribution >= 0.6 is 0 Å². The molecule has 0 saturated carbocycles. The Labute approximate surface area is 125 Å². The van der Waals surface area contributed by atoms with Crippen molar-refractivity contribution in [3.63, 3.8) is 0 Å². The Balaban J connectivity index is 2.29. The smallest absolute Gasteiger partial charge is 0.332 e. The first kappa shape index (κ1) is 15.4. The molecule has 0 bridgehead atoms. The average Bonchev–Trinajstić information content (AvgIpc) is 2.46. The Bertz CT molecular complexity index is 664. The van der Waals surface area contributed by atoms with Gasteiger partial charge in [0.05, 0.1) is 12.0 Å². The molecule has 22 heavy (non-hydrogen) atoms. The summed E-state index contributed by atoms with van der Waals surface area (Å²) in [5.41, 5.74) is 0.318. The highest BCUT2D eigenvalue weighted by atomic mass is 16.4. The first-order valence-corrected chi connectivity index (χ1v) is 6.46. The van der Waals surface area contributed by atoms with Crippen molar-refractivity contribution >= 4 is 23.8 Å². The third-order valence-corrected chi connectivity index (χ3v) is 3.29. The van der Waals surface area contributed by atoms with Crippen LogP contribution in [-0.2, 0) is 25.6 Å². The number of carbonyl (C=O) groups is 4. The maximum Gasteiger partial charge on any atom is 0.332 e. The van der Waals surface area contributed by atoms with Crippen LogP contribution in [0.25, 0.3) is 0 Å². The zero-order valence-corrected chi connectivity index (χ0v) is 11.4. The number of hydrogen-bond acceptors (Lipinski definition) is 4. The fourth-order valence-corrected chi connectivity index (χ4v) is 2.23. The van der Waals surface area contributed by atoms with Crippen molar-refractivity contribution in [3.8, 4) is 0 Å². The van der Waals surface area contributed by atoms with Gasteiger partial charge in [-0.05, 0) is 5.56 Å². The van der Waals surface area contributed by atoms with Crippen LogP contribution < -0.4 is 0 Å². The van der Waals surface area contributed by atoms with Crippen molar-refractivity contribution in [1.29, 1.82) is 0 Å². The first-order chi connectivity index (χ1) is 10.4. The predicted molar refractivity (Wildman–Crippen MR) is 73.8 cm³/mol. The van der Waals surface area contributed by atoms with E-state index >= 15 is 0 Å². The van der Waals surface area contributed by atoms with Crippen molar-refractivity contribution in [3.05, 3.63) is 47.5 Å². The SMILES string of the molecule is O=C(O)C1=CC(=O)N(C(Cc2ccccc2)C(=O)O)C(=O)C1. The molecule has 0 fully saturated rings. The summed E-state index contributed by atoms with van der Waals surface area (Å²) in [6.45, 7) is 0. The molecule has 0 aliphatic carbocycles. The molecule has 1 aliphatic heterocycles. The molecule has 1 heterocycles. The molecule has 114 valence electrons. The van der Waals surface area contributed by atoms with Gasteiger partial charge in [0.25, 0.3) is 5.91 Å². The Morgan fingerprint density at radius 1 is 1.14 bits per heavy atom. The fraction of sp³-hybridized carbons (Fsp3) is 0.200. The molecule has 1 atom stereocenters. The normalized spacial score (nSPS) is 16.2. The van der Waals surface area contributed by atoms with Gasteiger partial charge in [0.1, 0.15) is 6.04 Å². The lowest BCUT2D eigenvalue weighted by molar-refractivity contribution is -0.157.